The van der Waals surface area contributed by atoms with Gasteiger partial charge in [-0.2, -0.15) is 18.4 Å². The fourth-order valence-corrected chi connectivity index (χ4v) is 3.29. The lowest BCUT2D eigenvalue weighted by Gasteiger charge is -2.23. The number of nitriles is 1. The van der Waals surface area contributed by atoms with Gasteiger partial charge in [-0.3, -0.25) is 0 Å². The number of anilines is 2. The fourth-order valence-electron chi connectivity index (χ4n) is 3.29. The number of alkyl halides is 3. The molecule has 0 aliphatic heterocycles. The molecule has 6 heteroatoms. The predicted octanol–water partition coefficient (Wildman–Crippen LogP) is 6.24. The maximum Gasteiger partial charge on any atom is 0.418 e. The van der Waals surface area contributed by atoms with E-state index in [0.29, 0.717) is 22.4 Å². The highest BCUT2D eigenvalue weighted by Gasteiger charge is 2.34. The van der Waals surface area contributed by atoms with Crippen LogP contribution in [0.4, 0.5) is 24.5 Å². The van der Waals surface area contributed by atoms with Gasteiger partial charge < -0.3 is 9.32 Å². The minimum Gasteiger partial charge on any atom is -0.452 e. The number of benzene rings is 3. The number of hydrogen-bond donors (Lipinski definition) is 0. The molecule has 0 N–H and O–H groups in total. The number of fused-ring (bicyclic) bond motifs is 3. The lowest BCUT2D eigenvalue weighted by molar-refractivity contribution is -0.137. The molecule has 4 rings (SSSR count). The first-order chi connectivity index (χ1) is 12.9. The van der Waals surface area contributed by atoms with E-state index in [0.717, 1.165) is 16.8 Å². The van der Waals surface area contributed by atoms with Crippen molar-refractivity contribution in [3.8, 4) is 6.07 Å². The Labute approximate surface area is 152 Å². The summed E-state index contributed by atoms with van der Waals surface area (Å²) in [7, 11) is 1.57. The highest BCUT2D eigenvalue weighted by molar-refractivity contribution is 6.10. The third-order valence-electron chi connectivity index (χ3n) is 4.56. The van der Waals surface area contributed by atoms with Crippen LogP contribution in [0.15, 0.2) is 65.1 Å². The third-order valence-corrected chi connectivity index (χ3v) is 4.56. The van der Waals surface area contributed by atoms with Crippen LogP contribution in [-0.2, 0) is 6.18 Å². The van der Waals surface area contributed by atoms with Crippen LogP contribution in [0.25, 0.3) is 21.9 Å². The molecule has 4 aromatic rings. The Morgan fingerprint density at radius 1 is 0.852 bits per heavy atom. The number of furan rings is 1. The van der Waals surface area contributed by atoms with Gasteiger partial charge in [-0.1, -0.05) is 36.4 Å². The van der Waals surface area contributed by atoms with Crippen molar-refractivity contribution in [2.24, 2.45) is 0 Å². The molecule has 1 aromatic heterocycles. The maximum absolute atomic E-state index is 13.4. The molecular weight excluding hydrogens is 353 g/mol. The van der Waals surface area contributed by atoms with E-state index < -0.39 is 11.7 Å². The molecule has 0 atom stereocenters. The molecule has 0 radical (unpaired) electrons. The molecule has 0 saturated heterocycles. The van der Waals surface area contributed by atoms with Crippen LogP contribution in [0.3, 0.4) is 0 Å². The van der Waals surface area contributed by atoms with Crippen LogP contribution in [0.2, 0.25) is 0 Å². The van der Waals surface area contributed by atoms with E-state index in [1.165, 1.54) is 17.0 Å². The molecule has 0 saturated carbocycles. The quantitative estimate of drug-likeness (QED) is 0.421. The lowest BCUT2D eigenvalue weighted by Crippen LogP contribution is -2.16. The second kappa shape index (κ2) is 6.06. The summed E-state index contributed by atoms with van der Waals surface area (Å²) in [4.78, 5) is 1.46. The average molecular weight is 366 g/mol. The summed E-state index contributed by atoms with van der Waals surface area (Å²) in [6, 6.07) is 18.0. The Morgan fingerprint density at radius 2 is 1.48 bits per heavy atom. The van der Waals surface area contributed by atoms with E-state index in [1.54, 1.807) is 37.4 Å². The van der Waals surface area contributed by atoms with Crippen molar-refractivity contribution in [2.45, 2.75) is 6.18 Å². The van der Waals surface area contributed by atoms with E-state index >= 15 is 0 Å². The maximum atomic E-state index is 13.4. The SMILES string of the molecule is CN(c1ccccc1C(F)(F)F)c1cccc2c1oc1c(C#N)cccc12. The first-order valence-corrected chi connectivity index (χ1v) is 8.16. The monoisotopic (exact) mass is 366 g/mol. The Kier molecular flexibility index (Phi) is 3.81. The van der Waals surface area contributed by atoms with E-state index in [-0.39, 0.29) is 5.69 Å². The van der Waals surface area contributed by atoms with E-state index in [2.05, 4.69) is 6.07 Å². The zero-order valence-electron chi connectivity index (χ0n) is 14.2. The van der Waals surface area contributed by atoms with Gasteiger partial charge in [-0.15, -0.1) is 0 Å². The van der Waals surface area contributed by atoms with Crippen molar-refractivity contribution >= 4 is 33.3 Å². The van der Waals surface area contributed by atoms with Crippen LogP contribution >= 0.6 is 0 Å². The van der Waals surface area contributed by atoms with Gasteiger partial charge in [0.15, 0.2) is 11.2 Å². The summed E-state index contributed by atoms with van der Waals surface area (Å²) in [5, 5.41) is 10.8. The first kappa shape index (κ1) is 17.0. The second-order valence-electron chi connectivity index (χ2n) is 6.12. The van der Waals surface area contributed by atoms with E-state index in [4.69, 9.17) is 4.42 Å². The smallest absolute Gasteiger partial charge is 0.418 e. The number of nitrogens with zero attached hydrogens (tertiary/aromatic N) is 2. The van der Waals surface area contributed by atoms with Crippen molar-refractivity contribution < 1.29 is 17.6 Å². The largest absolute Gasteiger partial charge is 0.452 e. The van der Waals surface area contributed by atoms with Gasteiger partial charge in [0.2, 0.25) is 0 Å². The molecule has 1 heterocycles. The Balaban J connectivity index is 1.97. The van der Waals surface area contributed by atoms with Gasteiger partial charge >= 0.3 is 6.18 Å². The molecule has 0 fully saturated rings. The number of rotatable bonds is 2. The second-order valence-corrected chi connectivity index (χ2v) is 6.12. The Morgan fingerprint density at radius 3 is 2.19 bits per heavy atom. The van der Waals surface area contributed by atoms with Crippen LogP contribution in [0, 0.1) is 11.3 Å². The zero-order valence-corrected chi connectivity index (χ0v) is 14.2. The Bertz CT molecular complexity index is 1200. The molecule has 0 aliphatic rings. The molecule has 3 aromatic carbocycles. The van der Waals surface area contributed by atoms with Gasteiger partial charge in [0.05, 0.1) is 22.5 Å². The highest BCUT2D eigenvalue weighted by Crippen LogP contribution is 2.42. The summed E-state index contributed by atoms with van der Waals surface area (Å²) in [6.07, 6.45) is -4.47. The van der Waals surface area contributed by atoms with Gasteiger partial charge in [0, 0.05) is 17.8 Å². The van der Waals surface area contributed by atoms with Gasteiger partial charge in [-0.05, 0) is 24.3 Å². The van der Waals surface area contributed by atoms with Crippen molar-refractivity contribution in [1.82, 2.24) is 0 Å². The zero-order chi connectivity index (χ0) is 19.2. The third kappa shape index (κ3) is 2.68. The summed E-state index contributed by atoms with van der Waals surface area (Å²) in [5.74, 6) is 0. The minimum atomic E-state index is -4.47. The topological polar surface area (TPSA) is 40.2 Å². The number of hydrogen-bond acceptors (Lipinski definition) is 3. The fraction of sp³-hybridized carbons (Fsp3) is 0.0952. The van der Waals surface area contributed by atoms with Gasteiger partial charge in [-0.25, -0.2) is 0 Å². The molecule has 134 valence electrons. The van der Waals surface area contributed by atoms with Crippen LogP contribution in [0.5, 0.6) is 0 Å². The van der Waals surface area contributed by atoms with Crippen molar-refractivity contribution in [2.75, 3.05) is 11.9 Å². The first-order valence-electron chi connectivity index (χ1n) is 8.16. The highest BCUT2D eigenvalue weighted by atomic mass is 19.4. The van der Waals surface area contributed by atoms with Crippen LogP contribution in [-0.4, -0.2) is 7.05 Å². The molecule has 0 unspecified atom stereocenters. The Hall–Kier alpha value is -3.46. The van der Waals surface area contributed by atoms with Gasteiger partial charge in [0.1, 0.15) is 6.07 Å². The number of para-hydroxylation sites is 3. The summed E-state index contributed by atoms with van der Waals surface area (Å²) in [5.41, 5.74) is 1.05. The molecule has 3 nitrogen and oxygen atoms in total. The van der Waals surface area contributed by atoms with Gasteiger partial charge in [0.25, 0.3) is 0 Å². The minimum absolute atomic E-state index is 0.0264. The molecule has 0 amide bonds. The average Bonchev–Trinajstić information content (AvgIpc) is 3.05. The molecule has 0 spiro atoms. The standard InChI is InChI=1S/C21H13F3N2O/c1-26(17-10-3-2-9-16(17)21(22,23)24)18-11-5-8-15-14-7-4-6-13(12-25)19(14)27-20(15)18/h2-11H,1H3. The molecule has 0 bridgehead atoms. The predicted molar refractivity (Wildman–Crippen MR) is 97.9 cm³/mol. The van der Waals surface area contributed by atoms with Crippen molar-refractivity contribution in [3.63, 3.8) is 0 Å². The van der Waals surface area contributed by atoms with Crippen molar-refractivity contribution in [3.05, 3.63) is 71.8 Å². The normalized spacial score (nSPS) is 11.7. The van der Waals surface area contributed by atoms with Crippen LogP contribution in [0.1, 0.15) is 11.1 Å². The summed E-state index contributed by atoms with van der Waals surface area (Å²) in [6.45, 7) is 0. The lowest BCUT2D eigenvalue weighted by atomic mass is 10.1. The summed E-state index contributed by atoms with van der Waals surface area (Å²) < 4.78 is 46.2. The van der Waals surface area contributed by atoms with Crippen LogP contribution < -0.4 is 4.90 Å². The molecule has 27 heavy (non-hydrogen) atoms. The van der Waals surface area contributed by atoms with Crippen molar-refractivity contribution in [1.29, 1.82) is 5.26 Å². The number of halogens is 3. The molecule has 0 aliphatic carbocycles. The van der Waals surface area contributed by atoms with E-state index in [1.807, 2.05) is 12.1 Å². The summed E-state index contributed by atoms with van der Waals surface area (Å²) >= 11 is 0. The van der Waals surface area contributed by atoms with E-state index in [9.17, 15) is 18.4 Å². The molecular formula is C21H13F3N2O.